The summed E-state index contributed by atoms with van der Waals surface area (Å²) in [5.74, 6) is -0.601. The van der Waals surface area contributed by atoms with Gasteiger partial charge in [-0.2, -0.15) is 0 Å². The van der Waals surface area contributed by atoms with E-state index in [1.165, 1.54) is 67.3 Å². The Hall–Kier alpha value is -3.96. The summed E-state index contributed by atoms with van der Waals surface area (Å²) in [6.07, 6.45) is 9.89. The molecule has 0 radical (unpaired) electrons. The molecule has 0 unspecified atom stereocenters. The molecule has 1 aliphatic heterocycles. The van der Waals surface area contributed by atoms with E-state index in [1.54, 1.807) is 35.8 Å². The number of pyridine rings is 1. The number of carbonyl (C=O) groups excluding carboxylic acids is 1. The molecule has 5 rings (SSSR count). The van der Waals surface area contributed by atoms with Gasteiger partial charge in [-0.1, -0.05) is 0 Å². The van der Waals surface area contributed by atoms with Gasteiger partial charge in [-0.25, -0.2) is 8.78 Å². The Bertz CT molecular complexity index is 1800. The lowest BCUT2D eigenvalue weighted by atomic mass is 10.1. The molecule has 0 saturated carbocycles. The van der Waals surface area contributed by atoms with Crippen molar-refractivity contribution in [3.63, 3.8) is 0 Å². The summed E-state index contributed by atoms with van der Waals surface area (Å²) in [6, 6.07) is 13.5. The maximum atomic E-state index is 14.2. The molecule has 1 amide bonds. The molecule has 0 N–H and O–H groups in total. The van der Waals surface area contributed by atoms with Crippen molar-refractivity contribution in [2.24, 2.45) is 0 Å². The number of quaternary nitrogens is 1. The van der Waals surface area contributed by atoms with Crippen LogP contribution in [0.4, 0.5) is 14.5 Å². The first-order valence-electron chi connectivity index (χ1n) is 18.0. The molecule has 1 aliphatic rings. The van der Waals surface area contributed by atoms with Crippen LogP contribution in [-0.2, 0) is 0 Å². The van der Waals surface area contributed by atoms with Crippen LogP contribution in [0.15, 0.2) is 65.6 Å². The molecule has 3 aromatic carbocycles. The van der Waals surface area contributed by atoms with Crippen LogP contribution in [0.2, 0.25) is 0 Å². The fraction of sp³-hybridized carbons (Fsp3) is 0.450. The standard InChI is InChI=1S/C40H50F2N3O5.BrH/c1-5-43(31-22-29(41)21-30(42)23-31)40(47)37-28-44(32-24-34(48-6-2)26-35(25-32)49-7-3)38-27-33(15-16-36(38)39(37)46)50-20-14-9-8-11-17-45(4)18-12-10-13-19-45;/h15-16,21-28H,5-14,17-20H2,1-4H3;1H/q+1;/p-1. The van der Waals surface area contributed by atoms with Crippen LogP contribution in [0, 0.1) is 11.6 Å². The topological polar surface area (TPSA) is 70.0 Å². The second-order valence-corrected chi connectivity index (χ2v) is 13.2. The number of halogens is 3. The third-order valence-electron chi connectivity index (χ3n) is 9.45. The number of ether oxygens (including phenoxy) is 3. The van der Waals surface area contributed by atoms with Crippen LogP contribution >= 0.6 is 0 Å². The van der Waals surface area contributed by atoms with Gasteiger partial charge in [-0.15, -0.1) is 0 Å². The molecule has 0 aliphatic carbocycles. The van der Waals surface area contributed by atoms with E-state index in [0.717, 1.165) is 31.0 Å². The van der Waals surface area contributed by atoms with Crippen LogP contribution in [0.5, 0.6) is 17.2 Å². The van der Waals surface area contributed by atoms with E-state index in [-0.39, 0.29) is 34.8 Å². The van der Waals surface area contributed by atoms with Crippen molar-refractivity contribution in [3.8, 4) is 22.9 Å². The molecule has 8 nitrogen and oxygen atoms in total. The number of hydrogen-bond donors (Lipinski definition) is 0. The molecule has 276 valence electrons. The average Bonchev–Trinajstić information content (AvgIpc) is 3.08. The van der Waals surface area contributed by atoms with E-state index in [2.05, 4.69) is 7.05 Å². The van der Waals surface area contributed by atoms with Crippen LogP contribution in [0.3, 0.4) is 0 Å². The molecule has 11 heteroatoms. The van der Waals surface area contributed by atoms with Crippen molar-refractivity contribution in [2.45, 2.75) is 65.7 Å². The quantitative estimate of drug-likeness (QED) is 0.114. The number of anilines is 1. The highest BCUT2D eigenvalue weighted by atomic mass is 79.9. The fourth-order valence-corrected chi connectivity index (χ4v) is 6.88. The highest BCUT2D eigenvalue weighted by molar-refractivity contribution is 6.07. The Balaban J connectivity index is 0.00000583. The van der Waals surface area contributed by atoms with Gasteiger partial charge in [0.05, 0.1) is 57.7 Å². The Morgan fingerprint density at radius 2 is 1.45 bits per heavy atom. The number of nitrogens with zero attached hydrogens (tertiary/aromatic N) is 3. The van der Waals surface area contributed by atoms with Crippen LogP contribution in [0.1, 0.15) is 76.1 Å². The minimum atomic E-state index is -0.820. The predicted molar refractivity (Wildman–Crippen MR) is 194 cm³/mol. The summed E-state index contributed by atoms with van der Waals surface area (Å²) < 4.78 is 49.1. The Kier molecular flexibility index (Phi) is 14.4. The number of rotatable bonds is 16. The number of piperidine rings is 1. The maximum Gasteiger partial charge on any atom is 0.263 e. The number of carbonyl (C=O) groups is 1. The smallest absolute Gasteiger partial charge is 0.263 e. The van der Waals surface area contributed by atoms with E-state index in [4.69, 9.17) is 14.2 Å². The largest absolute Gasteiger partial charge is 1.00 e. The van der Waals surface area contributed by atoms with Crippen molar-refractivity contribution >= 4 is 22.5 Å². The zero-order valence-corrected chi connectivity index (χ0v) is 31.8. The molecule has 0 atom stereocenters. The molecule has 51 heavy (non-hydrogen) atoms. The molecule has 4 aromatic rings. The molecular weight excluding hydrogens is 720 g/mol. The lowest BCUT2D eigenvalue weighted by Crippen LogP contribution is -3.00. The van der Waals surface area contributed by atoms with Crippen molar-refractivity contribution in [1.82, 2.24) is 4.57 Å². The monoisotopic (exact) mass is 769 g/mol. The van der Waals surface area contributed by atoms with Gasteiger partial charge in [0.15, 0.2) is 0 Å². The minimum Gasteiger partial charge on any atom is -1.00 e. The molecule has 2 heterocycles. The van der Waals surface area contributed by atoms with Gasteiger partial charge in [-0.3, -0.25) is 9.59 Å². The zero-order valence-electron chi connectivity index (χ0n) is 30.2. The third kappa shape index (κ3) is 10.1. The summed E-state index contributed by atoms with van der Waals surface area (Å²) in [5, 5.41) is 0.291. The minimum absolute atomic E-state index is 0. The predicted octanol–water partition coefficient (Wildman–Crippen LogP) is 5.31. The number of fused-ring (bicyclic) bond motifs is 1. The first-order valence-corrected chi connectivity index (χ1v) is 18.0. The highest BCUT2D eigenvalue weighted by Crippen LogP contribution is 2.30. The molecule has 1 aromatic heterocycles. The first-order chi connectivity index (χ1) is 24.1. The summed E-state index contributed by atoms with van der Waals surface area (Å²) in [5.41, 5.74) is 0.486. The summed E-state index contributed by atoms with van der Waals surface area (Å²) in [4.78, 5) is 29.2. The number of unbranched alkanes of at least 4 members (excludes halogenated alkanes) is 3. The SMILES string of the molecule is CCOc1cc(OCC)cc(-n2cc(C(=O)N(CC)c3cc(F)cc(F)c3)c(=O)c3ccc(OCCCCCC[N+]4(C)CCCCC4)cc32)c1.[Br-]. The van der Waals surface area contributed by atoms with Gasteiger partial charge in [-0.05, 0) is 90.0 Å². The van der Waals surface area contributed by atoms with Crippen LogP contribution in [-0.4, -0.2) is 68.0 Å². The van der Waals surface area contributed by atoms with Gasteiger partial charge in [0.25, 0.3) is 5.91 Å². The molecule has 1 saturated heterocycles. The number of aromatic nitrogens is 1. The second-order valence-electron chi connectivity index (χ2n) is 13.2. The second kappa shape index (κ2) is 18.5. The Morgan fingerprint density at radius 1 is 0.804 bits per heavy atom. The molecule has 1 fully saturated rings. The van der Waals surface area contributed by atoms with E-state index >= 15 is 0 Å². The normalized spacial score (nSPS) is 13.8. The fourth-order valence-electron chi connectivity index (χ4n) is 6.88. The Labute approximate surface area is 310 Å². The van der Waals surface area contributed by atoms with Crippen molar-refractivity contribution in [3.05, 3.63) is 88.2 Å². The van der Waals surface area contributed by atoms with Gasteiger partial charge in [0.1, 0.15) is 34.4 Å². The van der Waals surface area contributed by atoms with E-state index in [1.807, 2.05) is 26.0 Å². The lowest BCUT2D eigenvalue weighted by molar-refractivity contribution is -0.914. The average molecular weight is 771 g/mol. The maximum absolute atomic E-state index is 14.2. The molecule has 0 bridgehead atoms. The highest BCUT2D eigenvalue weighted by Gasteiger charge is 2.25. The summed E-state index contributed by atoms with van der Waals surface area (Å²) in [6.45, 7) is 10.7. The van der Waals surface area contributed by atoms with Crippen molar-refractivity contribution in [1.29, 1.82) is 0 Å². The number of amides is 1. The number of likely N-dealkylation sites (tertiary alicyclic amines) is 1. The number of benzene rings is 3. The van der Waals surface area contributed by atoms with Gasteiger partial charge in [0.2, 0.25) is 5.43 Å². The summed E-state index contributed by atoms with van der Waals surface area (Å²) in [7, 11) is 2.39. The molecule has 0 spiro atoms. The Morgan fingerprint density at radius 3 is 2.08 bits per heavy atom. The summed E-state index contributed by atoms with van der Waals surface area (Å²) >= 11 is 0. The van der Waals surface area contributed by atoms with Crippen molar-refractivity contribution in [2.75, 3.05) is 57.9 Å². The van der Waals surface area contributed by atoms with Gasteiger partial charge in [0, 0.05) is 54.1 Å². The van der Waals surface area contributed by atoms with Gasteiger partial charge >= 0.3 is 0 Å². The van der Waals surface area contributed by atoms with E-state index in [9.17, 15) is 18.4 Å². The van der Waals surface area contributed by atoms with Crippen LogP contribution in [0.25, 0.3) is 16.6 Å². The third-order valence-corrected chi connectivity index (χ3v) is 9.45. The number of hydrogen-bond acceptors (Lipinski definition) is 5. The van der Waals surface area contributed by atoms with Crippen molar-refractivity contribution < 1.29 is 49.3 Å². The van der Waals surface area contributed by atoms with E-state index in [0.29, 0.717) is 53.7 Å². The first kappa shape index (κ1) is 39.8. The van der Waals surface area contributed by atoms with E-state index < -0.39 is 23.0 Å². The van der Waals surface area contributed by atoms with Gasteiger partial charge < -0.3 is 45.1 Å². The lowest BCUT2D eigenvalue weighted by Gasteiger charge is -2.37. The van der Waals surface area contributed by atoms with Crippen LogP contribution < -0.4 is 41.5 Å². The zero-order chi connectivity index (χ0) is 35.7. The molecular formula is C40H50BrF2N3O5.